The van der Waals surface area contributed by atoms with Gasteiger partial charge in [-0.2, -0.15) is 10.1 Å². The van der Waals surface area contributed by atoms with Crippen LogP contribution in [0.2, 0.25) is 10.0 Å². The van der Waals surface area contributed by atoms with Crippen LogP contribution in [-0.4, -0.2) is 21.7 Å². The van der Waals surface area contributed by atoms with Crippen molar-refractivity contribution in [2.24, 2.45) is 0 Å². The zero-order valence-corrected chi connectivity index (χ0v) is 14.9. The Hall–Kier alpha value is -2.37. The fourth-order valence-corrected chi connectivity index (χ4v) is 2.79. The van der Waals surface area contributed by atoms with Gasteiger partial charge in [-0.05, 0) is 29.7 Å². The van der Waals surface area contributed by atoms with Gasteiger partial charge in [0, 0.05) is 23.1 Å². The maximum atomic E-state index is 6.17. The number of aromatic nitrogens is 3. The molecule has 0 spiro atoms. The highest BCUT2D eigenvalue weighted by molar-refractivity contribution is 6.35. The smallest absolute Gasteiger partial charge is 0.244 e. The molecule has 3 aromatic rings. The van der Waals surface area contributed by atoms with E-state index in [0.717, 1.165) is 12.0 Å². The van der Waals surface area contributed by atoms with Crippen LogP contribution in [0.5, 0.6) is 0 Å². The molecule has 0 fully saturated rings. The van der Waals surface area contributed by atoms with Crippen molar-refractivity contribution in [3.05, 3.63) is 75.9 Å². The summed E-state index contributed by atoms with van der Waals surface area (Å²) < 4.78 is 0. The Morgan fingerprint density at radius 1 is 0.960 bits per heavy atom. The van der Waals surface area contributed by atoms with Crippen molar-refractivity contribution in [2.45, 2.75) is 13.0 Å². The number of nitrogens with one attached hydrogen (secondary N) is 2. The summed E-state index contributed by atoms with van der Waals surface area (Å²) in [7, 11) is 0. The minimum absolute atomic E-state index is 0.475. The summed E-state index contributed by atoms with van der Waals surface area (Å²) in [5.41, 5.74) is 2.19. The molecular weight excluding hydrogens is 357 g/mol. The second-order valence-corrected chi connectivity index (χ2v) is 6.26. The molecule has 1 aromatic heterocycles. The number of hydrogen-bond donors (Lipinski definition) is 2. The molecule has 0 aliphatic rings. The van der Waals surface area contributed by atoms with Gasteiger partial charge in [0.2, 0.25) is 5.95 Å². The minimum Gasteiger partial charge on any atom is -0.365 e. The molecule has 0 amide bonds. The van der Waals surface area contributed by atoms with E-state index >= 15 is 0 Å². The van der Waals surface area contributed by atoms with Crippen molar-refractivity contribution in [2.75, 3.05) is 17.2 Å². The topological polar surface area (TPSA) is 62.7 Å². The summed E-state index contributed by atoms with van der Waals surface area (Å²) in [5.74, 6) is 1.15. The largest absolute Gasteiger partial charge is 0.365 e. The van der Waals surface area contributed by atoms with E-state index in [1.165, 1.54) is 5.56 Å². The first-order valence-corrected chi connectivity index (χ1v) is 8.61. The lowest BCUT2D eigenvalue weighted by Crippen LogP contribution is -2.10. The highest BCUT2D eigenvalue weighted by Gasteiger charge is 2.03. The lowest BCUT2D eigenvalue weighted by molar-refractivity contribution is 0.921. The monoisotopic (exact) mass is 373 g/mol. The first-order chi connectivity index (χ1) is 12.2. The summed E-state index contributed by atoms with van der Waals surface area (Å²) >= 11 is 12.1. The number of halogens is 2. The number of rotatable bonds is 7. The minimum atomic E-state index is 0.475. The van der Waals surface area contributed by atoms with Crippen LogP contribution >= 0.6 is 23.2 Å². The van der Waals surface area contributed by atoms with E-state index in [2.05, 4.69) is 37.9 Å². The molecule has 0 bridgehead atoms. The molecule has 3 rings (SSSR count). The average Bonchev–Trinajstić information content (AvgIpc) is 2.63. The molecule has 7 heteroatoms. The SMILES string of the molecule is Clc1ccc(CCNc2nncc(NCc3ccccc3)n2)c(Cl)c1. The van der Waals surface area contributed by atoms with Crippen molar-refractivity contribution in [1.82, 2.24) is 15.2 Å². The Morgan fingerprint density at radius 3 is 2.60 bits per heavy atom. The lowest BCUT2D eigenvalue weighted by Gasteiger charge is -2.08. The zero-order valence-electron chi connectivity index (χ0n) is 13.4. The maximum Gasteiger partial charge on any atom is 0.244 e. The molecule has 0 aliphatic heterocycles. The Bertz CT molecular complexity index is 827. The van der Waals surface area contributed by atoms with Crippen LogP contribution in [0.3, 0.4) is 0 Å². The van der Waals surface area contributed by atoms with E-state index in [1.54, 1.807) is 12.3 Å². The molecule has 5 nitrogen and oxygen atoms in total. The molecule has 0 aliphatic carbocycles. The molecule has 0 atom stereocenters. The maximum absolute atomic E-state index is 6.17. The van der Waals surface area contributed by atoms with Crippen molar-refractivity contribution < 1.29 is 0 Å². The van der Waals surface area contributed by atoms with Crippen molar-refractivity contribution in [1.29, 1.82) is 0 Å². The Balaban J connectivity index is 1.53. The third-order valence-corrected chi connectivity index (χ3v) is 4.15. The third-order valence-electron chi connectivity index (χ3n) is 3.57. The Labute approximate surface area is 156 Å². The van der Waals surface area contributed by atoms with Crippen LogP contribution in [0.25, 0.3) is 0 Å². The van der Waals surface area contributed by atoms with E-state index in [0.29, 0.717) is 34.9 Å². The lowest BCUT2D eigenvalue weighted by atomic mass is 10.1. The molecule has 1 heterocycles. The van der Waals surface area contributed by atoms with Gasteiger partial charge in [-0.15, -0.1) is 5.10 Å². The first kappa shape index (κ1) is 17.5. The van der Waals surface area contributed by atoms with Crippen LogP contribution in [0.1, 0.15) is 11.1 Å². The fourth-order valence-electron chi connectivity index (χ4n) is 2.29. The summed E-state index contributed by atoms with van der Waals surface area (Å²) in [6.07, 6.45) is 2.34. The van der Waals surface area contributed by atoms with Gasteiger partial charge in [-0.25, -0.2) is 0 Å². The molecule has 0 radical (unpaired) electrons. The molecule has 0 unspecified atom stereocenters. The molecular formula is C18H17Cl2N5. The van der Waals surface area contributed by atoms with E-state index in [9.17, 15) is 0 Å². The van der Waals surface area contributed by atoms with Crippen molar-refractivity contribution in [3.8, 4) is 0 Å². The molecule has 128 valence electrons. The van der Waals surface area contributed by atoms with Gasteiger partial charge in [-0.1, -0.05) is 59.6 Å². The highest BCUT2D eigenvalue weighted by atomic mass is 35.5. The van der Waals surface area contributed by atoms with Gasteiger partial charge >= 0.3 is 0 Å². The molecule has 2 aromatic carbocycles. The van der Waals surface area contributed by atoms with E-state index in [-0.39, 0.29) is 0 Å². The second-order valence-electron chi connectivity index (χ2n) is 5.42. The van der Waals surface area contributed by atoms with Gasteiger partial charge in [0.05, 0.1) is 6.20 Å². The summed E-state index contributed by atoms with van der Waals surface area (Å²) in [5, 5.41) is 15.6. The number of benzene rings is 2. The predicted molar refractivity (Wildman–Crippen MR) is 102 cm³/mol. The quantitative estimate of drug-likeness (QED) is 0.640. The standard InChI is InChI=1S/C18H17Cl2N5/c19-15-7-6-14(16(20)10-15)8-9-21-18-24-17(12-23-25-18)22-11-13-4-2-1-3-5-13/h1-7,10,12H,8-9,11H2,(H2,21,22,24,25). The number of anilines is 2. The normalized spacial score (nSPS) is 10.5. The van der Waals surface area contributed by atoms with Gasteiger partial charge < -0.3 is 10.6 Å². The molecule has 0 saturated carbocycles. The highest BCUT2D eigenvalue weighted by Crippen LogP contribution is 2.21. The molecule has 25 heavy (non-hydrogen) atoms. The zero-order chi connectivity index (χ0) is 17.5. The van der Waals surface area contributed by atoms with Crippen LogP contribution in [-0.2, 0) is 13.0 Å². The molecule has 0 saturated heterocycles. The van der Waals surface area contributed by atoms with Gasteiger partial charge in [0.1, 0.15) is 0 Å². The van der Waals surface area contributed by atoms with Crippen LogP contribution < -0.4 is 10.6 Å². The van der Waals surface area contributed by atoms with Crippen LogP contribution in [0.4, 0.5) is 11.8 Å². The Kier molecular flexibility index (Phi) is 6.04. The Morgan fingerprint density at radius 2 is 1.80 bits per heavy atom. The van der Waals surface area contributed by atoms with E-state index < -0.39 is 0 Å². The molecule has 2 N–H and O–H groups in total. The van der Waals surface area contributed by atoms with Crippen molar-refractivity contribution >= 4 is 35.0 Å². The van der Waals surface area contributed by atoms with Crippen LogP contribution in [0, 0.1) is 0 Å². The van der Waals surface area contributed by atoms with Gasteiger partial charge in [0.15, 0.2) is 5.82 Å². The predicted octanol–water partition coefficient (Wildman–Crippen LogP) is 4.45. The van der Waals surface area contributed by atoms with E-state index in [1.807, 2.05) is 30.3 Å². The summed E-state index contributed by atoms with van der Waals surface area (Å²) in [4.78, 5) is 4.41. The fraction of sp³-hybridized carbons (Fsp3) is 0.167. The first-order valence-electron chi connectivity index (χ1n) is 7.86. The number of nitrogens with zero attached hydrogens (tertiary/aromatic N) is 3. The summed E-state index contributed by atoms with van der Waals surface area (Å²) in [6.45, 7) is 1.32. The van der Waals surface area contributed by atoms with Gasteiger partial charge in [-0.3, -0.25) is 0 Å². The second kappa shape index (κ2) is 8.65. The average molecular weight is 374 g/mol. The van der Waals surface area contributed by atoms with Crippen LogP contribution in [0.15, 0.2) is 54.7 Å². The third kappa shape index (κ3) is 5.31. The van der Waals surface area contributed by atoms with Crippen molar-refractivity contribution in [3.63, 3.8) is 0 Å². The van der Waals surface area contributed by atoms with Gasteiger partial charge in [0.25, 0.3) is 0 Å². The van der Waals surface area contributed by atoms with E-state index in [4.69, 9.17) is 23.2 Å². The summed E-state index contributed by atoms with van der Waals surface area (Å²) in [6, 6.07) is 15.6. The number of hydrogen-bond acceptors (Lipinski definition) is 5.